The predicted octanol–water partition coefficient (Wildman–Crippen LogP) is 0.935. The van der Waals surface area contributed by atoms with Gasteiger partial charge in [-0.15, -0.1) is 0 Å². The number of rotatable bonds is 4. The molecular formula is C11H16FN3O. The van der Waals surface area contributed by atoms with E-state index in [9.17, 15) is 9.18 Å². The Kier molecular flexibility index (Phi) is 3.95. The Labute approximate surface area is 94.1 Å². The molecule has 0 aromatic carbocycles. The molecule has 0 atom stereocenters. The van der Waals surface area contributed by atoms with Crippen molar-refractivity contribution >= 4 is 5.91 Å². The molecule has 88 valence electrons. The Hall–Kier alpha value is -1.49. The van der Waals surface area contributed by atoms with Crippen molar-refractivity contribution in [2.45, 2.75) is 13.8 Å². The fourth-order valence-corrected chi connectivity index (χ4v) is 1.03. The van der Waals surface area contributed by atoms with Crippen LogP contribution in [0.4, 0.5) is 4.39 Å². The second kappa shape index (κ2) is 5.03. The number of pyridine rings is 1. The summed E-state index contributed by atoms with van der Waals surface area (Å²) in [6.45, 7) is 4.79. The van der Waals surface area contributed by atoms with E-state index < -0.39 is 5.82 Å². The van der Waals surface area contributed by atoms with Crippen LogP contribution in [0, 0.1) is 11.2 Å². The van der Waals surface area contributed by atoms with E-state index in [1.807, 2.05) is 13.8 Å². The maximum Gasteiger partial charge on any atom is 0.252 e. The molecular weight excluding hydrogens is 209 g/mol. The fourth-order valence-electron chi connectivity index (χ4n) is 1.03. The summed E-state index contributed by atoms with van der Waals surface area (Å²) in [5.41, 5.74) is 5.58. The number of hydrogen-bond acceptors (Lipinski definition) is 3. The lowest BCUT2D eigenvalue weighted by Crippen LogP contribution is -2.38. The molecule has 0 fully saturated rings. The number of nitrogens with one attached hydrogen (secondary N) is 1. The van der Waals surface area contributed by atoms with Crippen molar-refractivity contribution in [3.63, 3.8) is 0 Å². The zero-order valence-electron chi connectivity index (χ0n) is 9.46. The predicted molar refractivity (Wildman–Crippen MR) is 59.4 cm³/mol. The van der Waals surface area contributed by atoms with Gasteiger partial charge in [-0.2, -0.15) is 0 Å². The lowest BCUT2D eigenvalue weighted by molar-refractivity contribution is 0.0937. The highest BCUT2D eigenvalue weighted by molar-refractivity contribution is 5.93. The van der Waals surface area contributed by atoms with Gasteiger partial charge in [0.2, 0.25) is 0 Å². The summed E-state index contributed by atoms with van der Waals surface area (Å²) in [6.07, 6.45) is 2.38. The molecule has 1 aromatic heterocycles. The number of halogens is 1. The summed E-state index contributed by atoms with van der Waals surface area (Å²) in [5.74, 6) is -0.862. The van der Waals surface area contributed by atoms with E-state index in [2.05, 4.69) is 10.3 Å². The van der Waals surface area contributed by atoms with Gasteiger partial charge >= 0.3 is 0 Å². The molecule has 0 aliphatic carbocycles. The average Bonchev–Trinajstić information content (AvgIpc) is 2.26. The molecule has 0 aliphatic heterocycles. The SMILES string of the molecule is CC(C)(CN)CNC(=O)c1cncc(F)c1. The van der Waals surface area contributed by atoms with E-state index in [1.165, 1.54) is 6.20 Å². The number of nitrogens with zero attached hydrogens (tertiary/aromatic N) is 1. The van der Waals surface area contributed by atoms with Crippen LogP contribution >= 0.6 is 0 Å². The highest BCUT2D eigenvalue weighted by Crippen LogP contribution is 2.10. The Bertz CT molecular complexity index is 379. The minimum Gasteiger partial charge on any atom is -0.351 e. The van der Waals surface area contributed by atoms with Gasteiger partial charge in [-0.25, -0.2) is 4.39 Å². The van der Waals surface area contributed by atoms with Gasteiger partial charge in [0, 0.05) is 12.7 Å². The van der Waals surface area contributed by atoms with E-state index in [1.54, 1.807) is 0 Å². The average molecular weight is 225 g/mol. The summed E-state index contributed by atoms with van der Waals surface area (Å²) in [6, 6.07) is 1.15. The molecule has 1 heterocycles. The number of carbonyl (C=O) groups is 1. The molecule has 0 spiro atoms. The number of nitrogens with two attached hydrogens (primary N) is 1. The van der Waals surface area contributed by atoms with Gasteiger partial charge in [0.15, 0.2) is 0 Å². The minimum absolute atomic E-state index is 0.170. The van der Waals surface area contributed by atoms with Gasteiger partial charge in [0.1, 0.15) is 5.82 Å². The zero-order valence-corrected chi connectivity index (χ0v) is 9.46. The van der Waals surface area contributed by atoms with Crippen LogP contribution in [0.25, 0.3) is 0 Å². The summed E-state index contributed by atoms with van der Waals surface area (Å²) < 4.78 is 12.8. The normalized spacial score (nSPS) is 11.2. The Balaban J connectivity index is 2.60. The van der Waals surface area contributed by atoms with Gasteiger partial charge < -0.3 is 11.1 Å². The fraction of sp³-hybridized carbons (Fsp3) is 0.455. The van der Waals surface area contributed by atoms with Crippen molar-refractivity contribution < 1.29 is 9.18 Å². The van der Waals surface area contributed by atoms with E-state index in [0.29, 0.717) is 13.1 Å². The summed E-state index contributed by atoms with van der Waals surface area (Å²) in [7, 11) is 0. The van der Waals surface area contributed by atoms with Gasteiger partial charge in [-0.05, 0) is 18.0 Å². The van der Waals surface area contributed by atoms with Gasteiger partial charge in [0.25, 0.3) is 5.91 Å². The van der Waals surface area contributed by atoms with Crippen molar-refractivity contribution in [1.82, 2.24) is 10.3 Å². The first kappa shape index (κ1) is 12.6. The number of amides is 1. The highest BCUT2D eigenvalue weighted by atomic mass is 19.1. The molecule has 16 heavy (non-hydrogen) atoms. The topological polar surface area (TPSA) is 68.0 Å². The molecule has 4 nitrogen and oxygen atoms in total. The third-order valence-electron chi connectivity index (χ3n) is 2.25. The molecule has 0 unspecified atom stereocenters. The van der Waals surface area contributed by atoms with Crippen LogP contribution in [0.15, 0.2) is 18.5 Å². The third-order valence-corrected chi connectivity index (χ3v) is 2.25. The second-order valence-electron chi connectivity index (χ2n) is 4.44. The maximum atomic E-state index is 12.8. The maximum absolute atomic E-state index is 12.8. The van der Waals surface area contributed by atoms with Crippen molar-refractivity contribution in [2.24, 2.45) is 11.1 Å². The van der Waals surface area contributed by atoms with Crippen LogP contribution in [0.1, 0.15) is 24.2 Å². The number of carbonyl (C=O) groups excluding carboxylic acids is 1. The van der Waals surface area contributed by atoms with Crippen molar-refractivity contribution in [3.05, 3.63) is 29.8 Å². The van der Waals surface area contributed by atoms with E-state index in [0.717, 1.165) is 12.3 Å². The quantitative estimate of drug-likeness (QED) is 0.801. The zero-order chi connectivity index (χ0) is 12.2. The van der Waals surface area contributed by atoms with Crippen molar-refractivity contribution in [3.8, 4) is 0 Å². The Morgan fingerprint density at radius 2 is 2.25 bits per heavy atom. The van der Waals surface area contributed by atoms with E-state index >= 15 is 0 Å². The first-order valence-corrected chi connectivity index (χ1v) is 5.03. The molecule has 1 aromatic rings. The lowest BCUT2D eigenvalue weighted by atomic mass is 9.94. The monoisotopic (exact) mass is 225 g/mol. The van der Waals surface area contributed by atoms with E-state index in [-0.39, 0.29) is 16.9 Å². The van der Waals surface area contributed by atoms with Crippen LogP contribution < -0.4 is 11.1 Å². The summed E-state index contributed by atoms with van der Waals surface area (Å²) in [5, 5.41) is 2.69. The standard InChI is InChI=1S/C11H16FN3O/c1-11(2,6-13)7-15-10(16)8-3-9(12)5-14-4-8/h3-5H,6-7,13H2,1-2H3,(H,15,16). The van der Waals surface area contributed by atoms with Gasteiger partial charge in [0.05, 0.1) is 11.8 Å². The molecule has 0 radical (unpaired) electrons. The Morgan fingerprint density at radius 1 is 1.56 bits per heavy atom. The smallest absolute Gasteiger partial charge is 0.252 e. The highest BCUT2D eigenvalue weighted by Gasteiger charge is 2.17. The number of hydrogen-bond donors (Lipinski definition) is 2. The molecule has 0 aliphatic rings. The molecule has 5 heteroatoms. The van der Waals surface area contributed by atoms with Gasteiger partial charge in [-0.1, -0.05) is 13.8 Å². The van der Waals surface area contributed by atoms with Crippen molar-refractivity contribution in [1.29, 1.82) is 0 Å². The third kappa shape index (κ3) is 3.58. The first-order chi connectivity index (χ1) is 7.44. The largest absolute Gasteiger partial charge is 0.351 e. The molecule has 1 rings (SSSR count). The molecule has 3 N–H and O–H groups in total. The van der Waals surface area contributed by atoms with Crippen LogP contribution in [0.5, 0.6) is 0 Å². The molecule has 0 saturated carbocycles. The second-order valence-corrected chi connectivity index (χ2v) is 4.44. The summed E-state index contributed by atoms with van der Waals surface area (Å²) >= 11 is 0. The van der Waals surface area contributed by atoms with Crippen LogP contribution in [-0.4, -0.2) is 24.0 Å². The number of aromatic nitrogens is 1. The van der Waals surface area contributed by atoms with Crippen LogP contribution in [0.2, 0.25) is 0 Å². The van der Waals surface area contributed by atoms with Crippen LogP contribution in [-0.2, 0) is 0 Å². The summed E-state index contributed by atoms with van der Waals surface area (Å²) in [4.78, 5) is 15.2. The first-order valence-electron chi connectivity index (χ1n) is 5.03. The minimum atomic E-state index is -0.522. The van der Waals surface area contributed by atoms with Crippen LogP contribution in [0.3, 0.4) is 0 Å². The Morgan fingerprint density at radius 3 is 2.81 bits per heavy atom. The van der Waals surface area contributed by atoms with Gasteiger partial charge in [-0.3, -0.25) is 9.78 Å². The molecule has 1 amide bonds. The lowest BCUT2D eigenvalue weighted by Gasteiger charge is -2.22. The molecule has 0 bridgehead atoms. The molecule has 0 saturated heterocycles. The van der Waals surface area contributed by atoms with E-state index in [4.69, 9.17) is 5.73 Å². The van der Waals surface area contributed by atoms with Crippen molar-refractivity contribution in [2.75, 3.05) is 13.1 Å².